The Bertz CT molecular complexity index is 1240. The van der Waals surface area contributed by atoms with E-state index in [1.165, 1.54) is 12.1 Å². The lowest BCUT2D eigenvalue weighted by molar-refractivity contribution is -0.185. The fourth-order valence-corrected chi connectivity index (χ4v) is 7.54. The van der Waals surface area contributed by atoms with Crippen LogP contribution in [0, 0.1) is 11.3 Å². The third-order valence-corrected chi connectivity index (χ3v) is 10.2. The molecule has 0 amide bonds. The van der Waals surface area contributed by atoms with Crippen molar-refractivity contribution in [3.8, 4) is 5.75 Å². The predicted octanol–water partition coefficient (Wildman–Crippen LogP) is 8.75. The Morgan fingerprint density at radius 2 is 1.59 bits per heavy atom. The first-order valence-corrected chi connectivity index (χ1v) is 14.5. The maximum Gasteiger partial charge on any atom is 0.420 e. The lowest BCUT2D eigenvalue weighted by atomic mass is 9.55. The van der Waals surface area contributed by atoms with Crippen LogP contribution in [0.3, 0.4) is 0 Å². The molecule has 4 aliphatic carbocycles. The molecule has 10 heteroatoms. The van der Waals surface area contributed by atoms with Gasteiger partial charge in [0.25, 0.3) is 0 Å². The van der Waals surface area contributed by atoms with Crippen LogP contribution in [0.25, 0.3) is 10.8 Å². The van der Waals surface area contributed by atoms with Gasteiger partial charge in [0.2, 0.25) is 0 Å². The number of fused-ring (bicyclic) bond motifs is 4. The molecule has 41 heavy (non-hydrogen) atoms. The van der Waals surface area contributed by atoms with Crippen LogP contribution in [-0.4, -0.2) is 40.8 Å². The van der Waals surface area contributed by atoms with Crippen molar-refractivity contribution >= 4 is 16.7 Å². The highest BCUT2D eigenvalue weighted by Crippen LogP contribution is 2.56. The number of nitrogens with zero attached hydrogens (tertiary/aromatic N) is 1. The second kappa shape index (κ2) is 11.0. The van der Waals surface area contributed by atoms with E-state index in [9.17, 15) is 31.1 Å². The molecule has 0 heterocycles. The number of hydrogen-bond acceptors (Lipinski definition) is 3. The van der Waals surface area contributed by atoms with Gasteiger partial charge >= 0.3 is 18.3 Å². The van der Waals surface area contributed by atoms with Gasteiger partial charge in [-0.2, -0.15) is 26.3 Å². The van der Waals surface area contributed by atoms with Crippen molar-refractivity contribution in [2.75, 3.05) is 7.05 Å². The number of carboxylic acids is 1. The van der Waals surface area contributed by atoms with E-state index in [4.69, 9.17) is 9.84 Å². The Balaban J connectivity index is 1.30. The predicted molar refractivity (Wildman–Crippen MR) is 143 cm³/mol. The molecule has 4 aliphatic rings. The molecule has 0 aliphatic heterocycles. The van der Waals surface area contributed by atoms with Crippen LogP contribution in [0.4, 0.5) is 26.3 Å². The standard InChI is InChI=1S/C31H37F6NO3/c1-38(29-15-12-28(13-16-29,14-17-29)11-10-26(39)40)19-20-2-8-24-21(18-20)3-9-25(27(24)31(35,36)37)41-23-6-4-22(5-7-23)30(32,33)34/h2-3,8-9,18,22-23H,4-7,10-17,19H2,1H3,(H,39,40)/t22-,23+,28?,29?. The average Bonchev–Trinajstić information content (AvgIpc) is 2.92. The van der Waals surface area contributed by atoms with E-state index in [1.54, 1.807) is 18.2 Å². The summed E-state index contributed by atoms with van der Waals surface area (Å²) in [5, 5.41) is 9.57. The molecule has 4 fully saturated rings. The first-order valence-electron chi connectivity index (χ1n) is 14.5. The zero-order valence-corrected chi connectivity index (χ0v) is 23.2. The number of halogens is 6. The molecule has 0 aromatic heterocycles. The summed E-state index contributed by atoms with van der Waals surface area (Å²) in [6.45, 7) is 0.583. The number of ether oxygens (including phenoxy) is 1. The van der Waals surface area contributed by atoms with Gasteiger partial charge in [-0.1, -0.05) is 18.2 Å². The normalized spacial score (nSPS) is 28.8. The summed E-state index contributed by atoms with van der Waals surface area (Å²) < 4.78 is 87.5. The van der Waals surface area contributed by atoms with Gasteiger partial charge in [-0.3, -0.25) is 9.69 Å². The van der Waals surface area contributed by atoms with Gasteiger partial charge in [-0.15, -0.1) is 0 Å². The van der Waals surface area contributed by atoms with Gasteiger partial charge in [-0.05, 0) is 112 Å². The minimum Gasteiger partial charge on any atom is -0.490 e. The molecule has 4 saturated carbocycles. The second-order valence-electron chi connectivity index (χ2n) is 12.6. The number of alkyl halides is 6. The van der Waals surface area contributed by atoms with Crippen molar-refractivity contribution in [2.24, 2.45) is 11.3 Å². The van der Waals surface area contributed by atoms with Crippen molar-refractivity contribution < 1.29 is 41.0 Å². The molecule has 226 valence electrons. The molecule has 0 radical (unpaired) electrons. The molecule has 0 spiro atoms. The average molecular weight is 586 g/mol. The molecule has 0 unspecified atom stereocenters. The number of aliphatic carboxylic acids is 1. The van der Waals surface area contributed by atoms with E-state index in [0.717, 1.165) is 50.5 Å². The highest BCUT2D eigenvalue weighted by atomic mass is 19.4. The molecule has 2 aromatic carbocycles. The lowest BCUT2D eigenvalue weighted by Crippen LogP contribution is -2.55. The molecular formula is C31H37F6NO3. The molecular weight excluding hydrogens is 548 g/mol. The van der Waals surface area contributed by atoms with Gasteiger partial charge in [-0.25, -0.2) is 0 Å². The van der Waals surface area contributed by atoms with E-state index < -0.39 is 35.9 Å². The summed E-state index contributed by atoms with van der Waals surface area (Å²) in [7, 11) is 2.06. The van der Waals surface area contributed by atoms with E-state index in [-0.39, 0.29) is 54.2 Å². The van der Waals surface area contributed by atoms with E-state index >= 15 is 0 Å². The minimum atomic E-state index is -4.69. The van der Waals surface area contributed by atoms with Crippen molar-refractivity contribution in [2.45, 2.75) is 108 Å². The highest BCUT2D eigenvalue weighted by Gasteiger charge is 2.50. The lowest BCUT2D eigenvalue weighted by Gasteiger charge is -2.57. The Hall–Kier alpha value is -2.49. The largest absolute Gasteiger partial charge is 0.490 e. The highest BCUT2D eigenvalue weighted by molar-refractivity contribution is 5.89. The van der Waals surface area contributed by atoms with Crippen LogP contribution >= 0.6 is 0 Å². The summed E-state index contributed by atoms with van der Waals surface area (Å²) in [5.74, 6) is -2.52. The van der Waals surface area contributed by atoms with E-state index in [2.05, 4.69) is 11.9 Å². The van der Waals surface area contributed by atoms with Crippen molar-refractivity contribution in [3.05, 3.63) is 41.5 Å². The summed E-state index contributed by atoms with van der Waals surface area (Å²) in [5.41, 5.74) is 0.147. The van der Waals surface area contributed by atoms with Gasteiger partial charge in [0, 0.05) is 18.5 Å². The van der Waals surface area contributed by atoms with Gasteiger partial charge < -0.3 is 9.84 Å². The van der Waals surface area contributed by atoms with Crippen LogP contribution < -0.4 is 4.74 Å². The summed E-state index contributed by atoms with van der Waals surface area (Å²) in [4.78, 5) is 13.4. The first-order chi connectivity index (χ1) is 19.2. The Labute approximate surface area is 236 Å². The Morgan fingerprint density at radius 1 is 0.951 bits per heavy atom. The first kappa shape index (κ1) is 30.0. The third-order valence-electron chi connectivity index (χ3n) is 10.2. The van der Waals surface area contributed by atoms with Crippen LogP contribution in [0.1, 0.15) is 88.2 Å². The molecule has 1 N–H and O–H groups in total. The summed E-state index contributed by atoms with van der Waals surface area (Å²) in [6.07, 6.45) is -2.97. The van der Waals surface area contributed by atoms with Crippen LogP contribution in [0.5, 0.6) is 5.75 Å². The molecule has 0 saturated heterocycles. The van der Waals surface area contributed by atoms with Gasteiger partial charge in [0.1, 0.15) is 11.3 Å². The van der Waals surface area contributed by atoms with Crippen molar-refractivity contribution in [3.63, 3.8) is 0 Å². The summed E-state index contributed by atoms with van der Waals surface area (Å²) in [6, 6.07) is 7.86. The van der Waals surface area contributed by atoms with E-state index in [0.29, 0.717) is 11.9 Å². The van der Waals surface area contributed by atoms with Crippen molar-refractivity contribution in [1.29, 1.82) is 0 Å². The van der Waals surface area contributed by atoms with Crippen LogP contribution in [0.15, 0.2) is 30.3 Å². The zero-order chi connectivity index (χ0) is 29.6. The SMILES string of the molecule is CN(Cc1ccc2c(C(F)(F)F)c(O[C@H]3CC[C@@H](C(F)(F)F)CC3)ccc2c1)C12CCC(CCC(=O)O)(CC1)CC2. The van der Waals surface area contributed by atoms with Crippen LogP contribution in [-0.2, 0) is 17.5 Å². The number of carboxylic acid groups (broad SMARTS) is 1. The number of carbonyl (C=O) groups is 1. The third kappa shape index (κ3) is 6.32. The fraction of sp³-hybridized carbons (Fsp3) is 0.645. The summed E-state index contributed by atoms with van der Waals surface area (Å²) >= 11 is 0. The minimum absolute atomic E-state index is 0.0138. The maximum atomic E-state index is 14.3. The Morgan fingerprint density at radius 3 is 2.15 bits per heavy atom. The van der Waals surface area contributed by atoms with Crippen molar-refractivity contribution in [1.82, 2.24) is 4.90 Å². The molecule has 2 aromatic rings. The molecule has 6 rings (SSSR count). The van der Waals surface area contributed by atoms with Crippen LogP contribution in [0.2, 0.25) is 0 Å². The number of rotatable bonds is 8. The molecule has 4 nitrogen and oxygen atoms in total. The van der Waals surface area contributed by atoms with Gasteiger partial charge in [0.05, 0.1) is 12.0 Å². The smallest absolute Gasteiger partial charge is 0.420 e. The van der Waals surface area contributed by atoms with E-state index in [1.807, 2.05) is 0 Å². The second-order valence-corrected chi connectivity index (χ2v) is 12.6. The van der Waals surface area contributed by atoms with Gasteiger partial charge in [0.15, 0.2) is 0 Å². The fourth-order valence-electron chi connectivity index (χ4n) is 7.54. The topological polar surface area (TPSA) is 49.8 Å². The zero-order valence-electron chi connectivity index (χ0n) is 23.2. The molecule has 2 bridgehead atoms. The maximum absolute atomic E-state index is 14.3. The number of hydrogen-bond donors (Lipinski definition) is 1. The number of benzene rings is 2. The monoisotopic (exact) mass is 585 g/mol. The molecule has 0 atom stereocenters. The quantitative estimate of drug-likeness (QED) is 0.315. The Kier molecular flexibility index (Phi) is 8.02.